The summed E-state index contributed by atoms with van der Waals surface area (Å²) in [4.78, 5) is 4.71. The van der Waals surface area contributed by atoms with Gasteiger partial charge in [-0.3, -0.25) is 0 Å². The molecule has 2 atom stereocenters. The summed E-state index contributed by atoms with van der Waals surface area (Å²) in [6.07, 6.45) is 4.25. The average Bonchev–Trinajstić information content (AvgIpc) is 2.55. The van der Waals surface area contributed by atoms with E-state index >= 15 is 0 Å². The lowest BCUT2D eigenvalue weighted by atomic mass is 9.93. The fraction of sp³-hybridized carbons (Fsp3) is 0.750. The summed E-state index contributed by atoms with van der Waals surface area (Å²) in [6.45, 7) is 8.78. The standard InChI is InChI=1S/C12H21N3/c1-8-9(13)5-6-11-14-10(7-15(8)11)12(2,3)4/h7-9H,5-6,13H2,1-4H3. The Balaban J connectivity index is 2.40. The van der Waals surface area contributed by atoms with Gasteiger partial charge in [0.1, 0.15) is 5.82 Å². The minimum Gasteiger partial charge on any atom is -0.330 e. The zero-order valence-electron chi connectivity index (χ0n) is 10.1. The molecule has 1 aromatic rings. The number of nitrogens with zero attached hydrogens (tertiary/aromatic N) is 2. The summed E-state index contributed by atoms with van der Waals surface area (Å²) < 4.78 is 2.26. The van der Waals surface area contributed by atoms with E-state index < -0.39 is 0 Å². The normalized spacial score (nSPS) is 26.5. The van der Waals surface area contributed by atoms with Gasteiger partial charge < -0.3 is 10.3 Å². The van der Waals surface area contributed by atoms with Gasteiger partial charge in [0.05, 0.1) is 5.69 Å². The number of imidazole rings is 1. The maximum atomic E-state index is 6.06. The van der Waals surface area contributed by atoms with Crippen LogP contribution in [0.1, 0.15) is 51.7 Å². The van der Waals surface area contributed by atoms with Crippen LogP contribution in [0.3, 0.4) is 0 Å². The lowest BCUT2D eigenvalue weighted by molar-refractivity contribution is 0.367. The second-order valence-electron chi connectivity index (χ2n) is 5.64. The number of fused-ring (bicyclic) bond motifs is 1. The van der Waals surface area contributed by atoms with Crippen LogP contribution in [0.2, 0.25) is 0 Å². The molecule has 0 fully saturated rings. The van der Waals surface area contributed by atoms with Crippen LogP contribution in [-0.4, -0.2) is 15.6 Å². The van der Waals surface area contributed by atoms with Crippen molar-refractivity contribution in [3.8, 4) is 0 Å². The van der Waals surface area contributed by atoms with E-state index in [0.717, 1.165) is 12.8 Å². The average molecular weight is 207 g/mol. The van der Waals surface area contributed by atoms with Crippen molar-refractivity contribution in [1.82, 2.24) is 9.55 Å². The molecule has 0 radical (unpaired) electrons. The molecule has 0 aromatic carbocycles. The van der Waals surface area contributed by atoms with E-state index in [-0.39, 0.29) is 11.5 Å². The first-order valence-corrected chi connectivity index (χ1v) is 5.73. The summed E-state index contributed by atoms with van der Waals surface area (Å²) in [5.74, 6) is 1.20. The van der Waals surface area contributed by atoms with Crippen LogP contribution in [0.4, 0.5) is 0 Å². The van der Waals surface area contributed by atoms with E-state index in [2.05, 4.69) is 38.5 Å². The highest BCUT2D eigenvalue weighted by atomic mass is 15.1. The van der Waals surface area contributed by atoms with Crippen molar-refractivity contribution in [2.45, 2.75) is 58.0 Å². The molecule has 1 aromatic heterocycles. The smallest absolute Gasteiger partial charge is 0.109 e. The number of nitrogens with two attached hydrogens (primary N) is 1. The third-order valence-corrected chi connectivity index (χ3v) is 3.34. The summed E-state index contributed by atoms with van der Waals surface area (Å²) in [5.41, 5.74) is 7.38. The molecule has 0 saturated carbocycles. The van der Waals surface area contributed by atoms with E-state index in [1.54, 1.807) is 0 Å². The van der Waals surface area contributed by atoms with Gasteiger partial charge in [-0.1, -0.05) is 20.8 Å². The quantitative estimate of drug-likeness (QED) is 0.707. The molecule has 0 bridgehead atoms. The Morgan fingerprint density at radius 3 is 2.73 bits per heavy atom. The zero-order valence-corrected chi connectivity index (χ0v) is 10.1. The molecule has 1 aliphatic rings. The molecule has 2 heterocycles. The van der Waals surface area contributed by atoms with Crippen molar-refractivity contribution in [2.24, 2.45) is 5.73 Å². The molecule has 0 amide bonds. The van der Waals surface area contributed by atoms with E-state index in [4.69, 9.17) is 10.7 Å². The summed E-state index contributed by atoms with van der Waals surface area (Å²) in [5, 5.41) is 0. The predicted molar refractivity (Wildman–Crippen MR) is 61.9 cm³/mol. The van der Waals surface area contributed by atoms with Crippen LogP contribution in [0.25, 0.3) is 0 Å². The van der Waals surface area contributed by atoms with Crippen molar-refractivity contribution < 1.29 is 0 Å². The first kappa shape index (κ1) is 10.7. The molecule has 1 aliphatic heterocycles. The van der Waals surface area contributed by atoms with Crippen LogP contribution < -0.4 is 5.73 Å². The van der Waals surface area contributed by atoms with Crippen molar-refractivity contribution >= 4 is 0 Å². The van der Waals surface area contributed by atoms with Gasteiger partial charge >= 0.3 is 0 Å². The Morgan fingerprint density at radius 1 is 1.47 bits per heavy atom. The van der Waals surface area contributed by atoms with Crippen LogP contribution in [-0.2, 0) is 11.8 Å². The first-order chi connectivity index (χ1) is 6.89. The monoisotopic (exact) mass is 207 g/mol. The number of hydrogen-bond donors (Lipinski definition) is 1. The van der Waals surface area contributed by atoms with Crippen molar-refractivity contribution in [2.75, 3.05) is 0 Å². The van der Waals surface area contributed by atoms with E-state index in [1.807, 2.05) is 0 Å². The van der Waals surface area contributed by atoms with E-state index in [0.29, 0.717) is 6.04 Å². The summed E-state index contributed by atoms with van der Waals surface area (Å²) in [7, 11) is 0. The number of hydrogen-bond acceptors (Lipinski definition) is 2. The van der Waals surface area contributed by atoms with Crippen molar-refractivity contribution in [3.05, 3.63) is 17.7 Å². The molecule has 2 unspecified atom stereocenters. The van der Waals surface area contributed by atoms with Crippen LogP contribution in [0.15, 0.2) is 6.20 Å². The topological polar surface area (TPSA) is 43.8 Å². The second-order valence-corrected chi connectivity index (χ2v) is 5.64. The number of rotatable bonds is 0. The Bertz CT molecular complexity index is 359. The highest BCUT2D eigenvalue weighted by Gasteiger charge is 2.27. The molecular weight excluding hydrogens is 186 g/mol. The zero-order chi connectivity index (χ0) is 11.2. The van der Waals surface area contributed by atoms with Gasteiger partial charge in [-0.15, -0.1) is 0 Å². The Kier molecular flexibility index (Phi) is 2.38. The first-order valence-electron chi connectivity index (χ1n) is 5.73. The maximum absolute atomic E-state index is 6.06. The van der Waals surface area contributed by atoms with Gasteiger partial charge in [0.15, 0.2) is 0 Å². The number of aryl methyl sites for hydroxylation is 1. The lowest BCUT2D eigenvalue weighted by Gasteiger charge is -2.27. The van der Waals surface area contributed by atoms with Gasteiger partial charge in [-0.05, 0) is 13.3 Å². The van der Waals surface area contributed by atoms with Gasteiger partial charge in [0.25, 0.3) is 0 Å². The SMILES string of the molecule is CC1C(N)CCc2nc(C(C)(C)C)cn21. The highest BCUT2D eigenvalue weighted by Crippen LogP contribution is 2.28. The molecule has 15 heavy (non-hydrogen) atoms. The van der Waals surface area contributed by atoms with Gasteiger partial charge in [-0.2, -0.15) is 0 Å². The predicted octanol–water partition coefficient (Wildman–Crippen LogP) is 2.02. The van der Waals surface area contributed by atoms with E-state index in [1.165, 1.54) is 11.5 Å². The van der Waals surface area contributed by atoms with Gasteiger partial charge in [0, 0.05) is 30.1 Å². The second kappa shape index (κ2) is 3.34. The minimum absolute atomic E-state index is 0.133. The van der Waals surface area contributed by atoms with Crippen LogP contribution in [0.5, 0.6) is 0 Å². The molecule has 2 rings (SSSR count). The highest BCUT2D eigenvalue weighted by molar-refractivity contribution is 5.16. The minimum atomic E-state index is 0.133. The summed E-state index contributed by atoms with van der Waals surface area (Å²) >= 11 is 0. The molecule has 3 nitrogen and oxygen atoms in total. The molecule has 0 saturated heterocycles. The molecule has 84 valence electrons. The fourth-order valence-corrected chi connectivity index (χ4v) is 2.07. The van der Waals surface area contributed by atoms with Gasteiger partial charge in [0.2, 0.25) is 0 Å². The largest absolute Gasteiger partial charge is 0.330 e. The summed E-state index contributed by atoms with van der Waals surface area (Å²) in [6, 6.07) is 0.664. The third-order valence-electron chi connectivity index (χ3n) is 3.34. The van der Waals surface area contributed by atoms with E-state index in [9.17, 15) is 0 Å². The maximum Gasteiger partial charge on any atom is 0.109 e. The fourth-order valence-electron chi connectivity index (χ4n) is 2.07. The van der Waals surface area contributed by atoms with Crippen LogP contribution >= 0.6 is 0 Å². The molecular formula is C12H21N3. The van der Waals surface area contributed by atoms with Crippen molar-refractivity contribution in [3.63, 3.8) is 0 Å². The van der Waals surface area contributed by atoms with Crippen molar-refractivity contribution in [1.29, 1.82) is 0 Å². The van der Waals surface area contributed by atoms with Crippen LogP contribution in [0, 0.1) is 0 Å². The molecule has 0 aliphatic carbocycles. The third kappa shape index (κ3) is 1.81. The lowest BCUT2D eigenvalue weighted by Crippen LogP contribution is -2.35. The Labute approximate surface area is 91.7 Å². The molecule has 2 N–H and O–H groups in total. The Hall–Kier alpha value is -0.830. The Morgan fingerprint density at radius 2 is 2.13 bits per heavy atom. The number of aromatic nitrogens is 2. The molecule has 3 heteroatoms. The molecule has 0 spiro atoms. The van der Waals surface area contributed by atoms with Gasteiger partial charge in [-0.25, -0.2) is 4.98 Å².